The van der Waals surface area contributed by atoms with E-state index in [0.29, 0.717) is 31.8 Å². The maximum atomic E-state index is 13.1. The summed E-state index contributed by atoms with van der Waals surface area (Å²) in [7, 11) is 0. The monoisotopic (exact) mass is 356 g/mol. The summed E-state index contributed by atoms with van der Waals surface area (Å²) >= 11 is 0. The lowest BCUT2D eigenvalue weighted by Gasteiger charge is -2.35. The molecule has 26 heavy (non-hydrogen) atoms. The highest BCUT2D eigenvalue weighted by Crippen LogP contribution is 2.36. The summed E-state index contributed by atoms with van der Waals surface area (Å²) in [5.74, 6) is 0.0649. The van der Waals surface area contributed by atoms with Crippen LogP contribution in [-0.4, -0.2) is 44.7 Å². The number of hydrogen-bond acceptors (Lipinski definition) is 4. The number of hydrogen-bond donors (Lipinski definition) is 1. The summed E-state index contributed by atoms with van der Waals surface area (Å²) in [5, 5.41) is 7.17. The van der Waals surface area contributed by atoms with Crippen LogP contribution in [-0.2, 0) is 29.0 Å². The Morgan fingerprint density at radius 1 is 1.38 bits per heavy atom. The number of nitrogens with zero attached hydrogens (tertiary/aromatic N) is 3. The van der Waals surface area contributed by atoms with Gasteiger partial charge in [-0.05, 0) is 37.3 Å². The van der Waals surface area contributed by atoms with Gasteiger partial charge in [-0.2, -0.15) is 5.10 Å². The van der Waals surface area contributed by atoms with Gasteiger partial charge in [0.2, 0.25) is 5.91 Å². The Balaban J connectivity index is 1.49. The molecule has 3 heterocycles. The highest BCUT2D eigenvalue weighted by molar-refractivity contribution is 5.89. The average Bonchev–Trinajstić information content (AvgIpc) is 3.28. The summed E-state index contributed by atoms with van der Waals surface area (Å²) in [6.07, 6.45) is 5.40. The number of carbonyl (C=O) groups excluding carboxylic acids is 2. The average molecular weight is 356 g/mol. The molecule has 0 fully saturated rings. The van der Waals surface area contributed by atoms with E-state index >= 15 is 0 Å². The minimum absolute atomic E-state index is 0.00820. The molecule has 2 aliphatic rings. The third-order valence-electron chi connectivity index (χ3n) is 5.64. The van der Waals surface area contributed by atoms with Crippen molar-refractivity contribution in [2.24, 2.45) is 5.92 Å². The largest absolute Gasteiger partial charge is 0.462 e. The fourth-order valence-corrected chi connectivity index (χ4v) is 4.17. The zero-order valence-corrected chi connectivity index (χ0v) is 15.2. The number of nitrogens with one attached hydrogen (secondary N) is 1. The van der Waals surface area contributed by atoms with Gasteiger partial charge in [0, 0.05) is 36.6 Å². The first kappa shape index (κ1) is 16.9. The lowest BCUT2D eigenvalue weighted by atomic mass is 9.78. The first-order valence-corrected chi connectivity index (χ1v) is 9.25. The van der Waals surface area contributed by atoms with Gasteiger partial charge in [-0.25, -0.2) is 4.79 Å². The zero-order valence-electron chi connectivity index (χ0n) is 15.2. The van der Waals surface area contributed by atoms with Crippen molar-refractivity contribution in [3.8, 4) is 0 Å². The van der Waals surface area contributed by atoms with Crippen LogP contribution >= 0.6 is 0 Å². The molecule has 4 rings (SSSR count). The Bertz CT molecular complexity index is 838. The molecular formula is C19H24N4O3. The summed E-state index contributed by atoms with van der Waals surface area (Å²) in [6.45, 7) is 6.19. The molecule has 7 heteroatoms. The van der Waals surface area contributed by atoms with Crippen molar-refractivity contribution < 1.29 is 14.3 Å². The molecule has 0 radical (unpaired) electrons. The van der Waals surface area contributed by atoms with Crippen LogP contribution in [0.3, 0.4) is 0 Å². The van der Waals surface area contributed by atoms with Crippen LogP contribution in [0.1, 0.15) is 53.5 Å². The Hall–Kier alpha value is -2.57. The molecule has 1 amide bonds. The molecule has 2 aromatic heterocycles. The SMILES string of the molecule is CCOC(=O)c1cc2n(c1)CCN(C(=O)C1CCc3[nH]ncc3C1C)C2. The van der Waals surface area contributed by atoms with E-state index in [1.54, 1.807) is 6.92 Å². The minimum atomic E-state index is -0.305. The van der Waals surface area contributed by atoms with Crippen molar-refractivity contribution in [1.82, 2.24) is 19.7 Å². The molecule has 2 unspecified atom stereocenters. The highest BCUT2D eigenvalue weighted by Gasteiger charge is 2.36. The van der Waals surface area contributed by atoms with Gasteiger partial charge in [0.05, 0.1) is 24.9 Å². The maximum absolute atomic E-state index is 13.1. The summed E-state index contributed by atoms with van der Waals surface area (Å²) in [5.41, 5.74) is 3.87. The van der Waals surface area contributed by atoms with E-state index in [9.17, 15) is 9.59 Å². The molecule has 0 aromatic carbocycles. The fraction of sp³-hybridized carbons (Fsp3) is 0.526. The highest BCUT2D eigenvalue weighted by atomic mass is 16.5. The lowest BCUT2D eigenvalue weighted by molar-refractivity contribution is -0.138. The molecule has 0 spiro atoms. The molecule has 0 saturated carbocycles. The first-order chi connectivity index (χ1) is 12.6. The summed E-state index contributed by atoms with van der Waals surface area (Å²) in [4.78, 5) is 27.0. The molecule has 1 aliphatic carbocycles. The Kier molecular flexibility index (Phi) is 4.30. The van der Waals surface area contributed by atoms with Crippen LogP contribution in [0.5, 0.6) is 0 Å². The lowest BCUT2D eigenvalue weighted by Crippen LogP contribution is -2.43. The van der Waals surface area contributed by atoms with E-state index in [2.05, 4.69) is 21.7 Å². The predicted molar refractivity (Wildman–Crippen MR) is 94.6 cm³/mol. The zero-order chi connectivity index (χ0) is 18.3. The predicted octanol–water partition coefficient (Wildman–Crippen LogP) is 2.10. The topological polar surface area (TPSA) is 80.2 Å². The van der Waals surface area contributed by atoms with Crippen LogP contribution in [0, 0.1) is 5.92 Å². The normalized spacial score (nSPS) is 21.8. The van der Waals surface area contributed by atoms with Crippen LogP contribution in [0.4, 0.5) is 0 Å². The van der Waals surface area contributed by atoms with Gasteiger partial charge in [-0.1, -0.05) is 6.92 Å². The second kappa shape index (κ2) is 6.63. The van der Waals surface area contributed by atoms with E-state index in [1.165, 1.54) is 5.56 Å². The number of aromatic nitrogens is 3. The van der Waals surface area contributed by atoms with Crippen molar-refractivity contribution in [2.45, 2.75) is 45.7 Å². The third kappa shape index (κ3) is 2.81. The van der Waals surface area contributed by atoms with Crippen LogP contribution in [0.15, 0.2) is 18.5 Å². The molecule has 2 atom stereocenters. The van der Waals surface area contributed by atoms with E-state index in [1.807, 2.05) is 23.4 Å². The van der Waals surface area contributed by atoms with Gasteiger partial charge in [0.25, 0.3) is 0 Å². The van der Waals surface area contributed by atoms with Gasteiger partial charge in [0.15, 0.2) is 0 Å². The Morgan fingerprint density at radius 3 is 3.04 bits per heavy atom. The molecular weight excluding hydrogens is 332 g/mol. The van der Waals surface area contributed by atoms with Crippen molar-refractivity contribution >= 4 is 11.9 Å². The number of ether oxygens (including phenoxy) is 1. The molecule has 0 bridgehead atoms. The second-order valence-corrected chi connectivity index (χ2v) is 7.13. The number of aryl methyl sites for hydroxylation is 1. The molecule has 2 aromatic rings. The quantitative estimate of drug-likeness (QED) is 0.854. The summed E-state index contributed by atoms with van der Waals surface area (Å²) < 4.78 is 7.12. The number of carbonyl (C=O) groups is 2. The van der Waals surface area contributed by atoms with Crippen LogP contribution in [0.2, 0.25) is 0 Å². The Morgan fingerprint density at radius 2 is 2.23 bits per heavy atom. The van der Waals surface area contributed by atoms with Crippen molar-refractivity contribution in [3.05, 3.63) is 41.0 Å². The molecule has 1 aliphatic heterocycles. The number of H-pyrrole nitrogens is 1. The number of rotatable bonds is 3. The Labute approximate surface area is 152 Å². The van der Waals surface area contributed by atoms with Crippen molar-refractivity contribution in [3.63, 3.8) is 0 Å². The van der Waals surface area contributed by atoms with E-state index in [4.69, 9.17) is 4.74 Å². The second-order valence-electron chi connectivity index (χ2n) is 7.13. The molecule has 7 nitrogen and oxygen atoms in total. The van der Waals surface area contributed by atoms with E-state index in [-0.39, 0.29) is 23.7 Å². The van der Waals surface area contributed by atoms with Crippen molar-refractivity contribution in [1.29, 1.82) is 0 Å². The standard InChI is InChI=1S/C19H24N4O3/c1-3-26-19(25)13-8-14-11-23(7-6-22(14)10-13)18(24)15-4-5-17-16(12(15)2)9-20-21-17/h8-10,12,15H,3-7,11H2,1-2H3,(H,20,21). The molecule has 1 N–H and O–H groups in total. The van der Waals surface area contributed by atoms with Gasteiger partial charge in [-0.3, -0.25) is 9.89 Å². The van der Waals surface area contributed by atoms with Crippen LogP contribution < -0.4 is 0 Å². The maximum Gasteiger partial charge on any atom is 0.339 e. The first-order valence-electron chi connectivity index (χ1n) is 9.25. The number of esters is 1. The van der Waals surface area contributed by atoms with E-state index in [0.717, 1.165) is 24.2 Å². The molecule has 0 saturated heterocycles. The van der Waals surface area contributed by atoms with Gasteiger partial charge in [0.1, 0.15) is 0 Å². The number of aromatic amines is 1. The number of amides is 1. The molecule has 138 valence electrons. The van der Waals surface area contributed by atoms with Crippen molar-refractivity contribution in [2.75, 3.05) is 13.2 Å². The number of fused-ring (bicyclic) bond motifs is 2. The van der Waals surface area contributed by atoms with Gasteiger partial charge >= 0.3 is 5.97 Å². The van der Waals surface area contributed by atoms with Gasteiger partial charge in [-0.15, -0.1) is 0 Å². The minimum Gasteiger partial charge on any atom is -0.462 e. The summed E-state index contributed by atoms with van der Waals surface area (Å²) in [6, 6.07) is 1.84. The fourth-order valence-electron chi connectivity index (χ4n) is 4.17. The van der Waals surface area contributed by atoms with Gasteiger partial charge < -0.3 is 14.2 Å². The van der Waals surface area contributed by atoms with E-state index < -0.39 is 0 Å². The van der Waals surface area contributed by atoms with Crippen LogP contribution in [0.25, 0.3) is 0 Å². The smallest absolute Gasteiger partial charge is 0.339 e. The third-order valence-corrected chi connectivity index (χ3v) is 5.64.